The molecule has 4 aromatic rings. The van der Waals surface area contributed by atoms with Crippen LogP contribution in [0.2, 0.25) is 0 Å². The smallest absolute Gasteiger partial charge is 0.249 e. The monoisotopic (exact) mass is 365 g/mol. The van der Waals surface area contributed by atoms with Crippen LogP contribution in [0.1, 0.15) is 16.7 Å². The number of benzene rings is 3. The number of aromatic amines is 1. The largest absolute Gasteiger partial charge is 0.361 e. The molecule has 4 nitrogen and oxygen atoms in total. The van der Waals surface area contributed by atoms with Gasteiger partial charge >= 0.3 is 0 Å². The number of para-hydroxylation sites is 2. The number of nitrogens with zero attached hydrogens (tertiary/aromatic N) is 1. The second-order valence-corrected chi connectivity index (χ2v) is 6.96. The third kappa shape index (κ3) is 2.89. The zero-order valence-corrected chi connectivity index (χ0v) is 15.2. The summed E-state index contributed by atoms with van der Waals surface area (Å²) in [4.78, 5) is 21.2. The standard InChI is InChI=1S/C24H19N3O/c28-24-22(14-17-15-25-20-12-6-4-10-18(17)20)26-23(16-8-2-1-3-9-16)19-11-5-7-13-21(19)27-24/h1-13,15,22,25H,14H2,(H,27,28)/t22-/m0/s1. The lowest BCUT2D eigenvalue weighted by molar-refractivity contribution is -0.117. The van der Waals surface area contributed by atoms with Crippen molar-refractivity contribution in [3.05, 3.63) is 102 Å². The second kappa shape index (κ2) is 6.82. The zero-order valence-electron chi connectivity index (χ0n) is 15.2. The van der Waals surface area contributed by atoms with E-state index < -0.39 is 6.04 Å². The van der Waals surface area contributed by atoms with Crippen LogP contribution in [-0.4, -0.2) is 22.6 Å². The lowest BCUT2D eigenvalue weighted by Gasteiger charge is -2.11. The Bertz CT molecular complexity index is 1190. The highest BCUT2D eigenvalue weighted by Gasteiger charge is 2.26. The Kier molecular flexibility index (Phi) is 4.02. The van der Waals surface area contributed by atoms with Crippen molar-refractivity contribution >= 4 is 28.2 Å². The number of amides is 1. The van der Waals surface area contributed by atoms with Crippen LogP contribution in [0.15, 0.2) is 90.1 Å². The minimum atomic E-state index is -0.498. The number of aromatic nitrogens is 1. The third-order valence-corrected chi connectivity index (χ3v) is 5.16. The Morgan fingerprint density at radius 2 is 1.61 bits per heavy atom. The number of nitrogens with one attached hydrogen (secondary N) is 2. The molecule has 3 aromatic carbocycles. The predicted octanol–water partition coefficient (Wildman–Crippen LogP) is 4.57. The SMILES string of the molecule is O=C1Nc2ccccc2C(c2ccccc2)=N[C@H]1Cc1c[nH]c2ccccc12. The van der Waals surface area contributed by atoms with Crippen molar-refractivity contribution in [1.29, 1.82) is 0 Å². The maximum absolute atomic E-state index is 13.0. The van der Waals surface area contributed by atoms with Gasteiger partial charge in [-0.15, -0.1) is 0 Å². The van der Waals surface area contributed by atoms with Gasteiger partial charge in [0.25, 0.3) is 0 Å². The Hall–Kier alpha value is -3.66. The van der Waals surface area contributed by atoms with E-state index in [9.17, 15) is 4.79 Å². The van der Waals surface area contributed by atoms with Gasteiger partial charge in [-0.3, -0.25) is 9.79 Å². The highest BCUT2D eigenvalue weighted by molar-refractivity contribution is 6.19. The third-order valence-electron chi connectivity index (χ3n) is 5.16. The minimum absolute atomic E-state index is 0.0799. The lowest BCUT2D eigenvalue weighted by atomic mass is 10.0. The number of benzodiazepines with no additional fused rings is 1. The van der Waals surface area contributed by atoms with E-state index in [-0.39, 0.29) is 5.91 Å². The molecule has 1 aliphatic heterocycles. The Morgan fingerprint density at radius 3 is 2.50 bits per heavy atom. The van der Waals surface area contributed by atoms with Gasteiger partial charge in [0.15, 0.2) is 0 Å². The van der Waals surface area contributed by atoms with Crippen LogP contribution in [0.4, 0.5) is 5.69 Å². The van der Waals surface area contributed by atoms with Gasteiger partial charge in [0, 0.05) is 34.6 Å². The van der Waals surface area contributed by atoms with Crippen LogP contribution in [0.5, 0.6) is 0 Å². The highest BCUT2D eigenvalue weighted by Crippen LogP contribution is 2.26. The molecule has 0 spiro atoms. The molecule has 0 saturated heterocycles. The van der Waals surface area contributed by atoms with E-state index in [4.69, 9.17) is 4.99 Å². The number of fused-ring (bicyclic) bond motifs is 2. The van der Waals surface area contributed by atoms with Crippen molar-refractivity contribution in [1.82, 2.24) is 4.98 Å². The summed E-state index contributed by atoms with van der Waals surface area (Å²) in [6, 6.07) is 25.5. The van der Waals surface area contributed by atoms with E-state index in [1.165, 1.54) is 0 Å². The normalized spacial score (nSPS) is 16.2. The summed E-state index contributed by atoms with van der Waals surface area (Å²) >= 11 is 0. The molecular weight excluding hydrogens is 346 g/mol. The number of carbonyl (C=O) groups is 1. The first-order chi connectivity index (χ1) is 13.8. The summed E-state index contributed by atoms with van der Waals surface area (Å²) in [5.74, 6) is -0.0799. The number of rotatable bonds is 3. The van der Waals surface area contributed by atoms with E-state index >= 15 is 0 Å². The molecule has 1 aliphatic rings. The van der Waals surface area contributed by atoms with Crippen molar-refractivity contribution in [3.8, 4) is 0 Å². The molecule has 0 fully saturated rings. The molecule has 4 heteroatoms. The van der Waals surface area contributed by atoms with Crippen molar-refractivity contribution in [2.75, 3.05) is 5.32 Å². The van der Waals surface area contributed by atoms with Crippen LogP contribution in [0.3, 0.4) is 0 Å². The molecule has 5 rings (SSSR count). The predicted molar refractivity (Wildman–Crippen MR) is 113 cm³/mol. The number of H-pyrrole nitrogens is 1. The molecule has 0 saturated carbocycles. The Balaban J connectivity index is 1.61. The van der Waals surface area contributed by atoms with Gasteiger partial charge in [0.1, 0.15) is 6.04 Å². The summed E-state index contributed by atoms with van der Waals surface area (Å²) in [6.07, 6.45) is 2.52. The fourth-order valence-electron chi connectivity index (χ4n) is 3.77. The summed E-state index contributed by atoms with van der Waals surface area (Å²) in [7, 11) is 0. The number of aliphatic imine (C=N–C) groups is 1. The van der Waals surface area contributed by atoms with Gasteiger partial charge in [0.2, 0.25) is 5.91 Å². The van der Waals surface area contributed by atoms with Crippen LogP contribution in [0, 0.1) is 0 Å². The number of carbonyl (C=O) groups excluding carboxylic acids is 1. The van der Waals surface area contributed by atoms with Crippen LogP contribution in [0.25, 0.3) is 10.9 Å². The van der Waals surface area contributed by atoms with Gasteiger partial charge in [0.05, 0.1) is 11.4 Å². The molecule has 1 atom stereocenters. The van der Waals surface area contributed by atoms with E-state index in [1.807, 2.05) is 79.0 Å². The molecule has 2 heterocycles. The zero-order chi connectivity index (χ0) is 18.9. The maximum atomic E-state index is 13.0. The number of anilines is 1. The first kappa shape index (κ1) is 16.5. The van der Waals surface area contributed by atoms with Crippen LogP contribution < -0.4 is 5.32 Å². The molecule has 1 aromatic heterocycles. The number of hydrogen-bond acceptors (Lipinski definition) is 2. The van der Waals surface area contributed by atoms with Crippen LogP contribution >= 0.6 is 0 Å². The number of hydrogen-bond donors (Lipinski definition) is 2. The average Bonchev–Trinajstić information content (AvgIpc) is 3.08. The van der Waals surface area contributed by atoms with Gasteiger partial charge < -0.3 is 10.3 Å². The van der Waals surface area contributed by atoms with E-state index in [0.29, 0.717) is 6.42 Å². The lowest BCUT2D eigenvalue weighted by Crippen LogP contribution is -2.27. The summed E-state index contributed by atoms with van der Waals surface area (Å²) in [6.45, 7) is 0. The highest BCUT2D eigenvalue weighted by atomic mass is 16.2. The first-order valence-electron chi connectivity index (χ1n) is 9.38. The van der Waals surface area contributed by atoms with Crippen molar-refractivity contribution in [2.24, 2.45) is 4.99 Å². The molecule has 1 amide bonds. The quantitative estimate of drug-likeness (QED) is 0.549. The molecule has 0 radical (unpaired) electrons. The van der Waals surface area contributed by atoms with Gasteiger partial charge in [-0.05, 0) is 17.7 Å². The summed E-state index contributed by atoms with van der Waals surface area (Å²) < 4.78 is 0. The minimum Gasteiger partial charge on any atom is -0.361 e. The fraction of sp³-hybridized carbons (Fsp3) is 0.0833. The first-order valence-corrected chi connectivity index (χ1v) is 9.38. The van der Waals surface area contributed by atoms with Gasteiger partial charge in [-0.2, -0.15) is 0 Å². The second-order valence-electron chi connectivity index (χ2n) is 6.96. The van der Waals surface area contributed by atoms with E-state index in [0.717, 1.165) is 39.0 Å². The van der Waals surface area contributed by atoms with Gasteiger partial charge in [-0.25, -0.2) is 0 Å². The Morgan fingerprint density at radius 1 is 0.857 bits per heavy atom. The average molecular weight is 365 g/mol. The molecule has 2 N–H and O–H groups in total. The fourth-order valence-corrected chi connectivity index (χ4v) is 3.77. The molecule has 0 bridgehead atoms. The van der Waals surface area contributed by atoms with E-state index in [2.05, 4.69) is 16.4 Å². The maximum Gasteiger partial charge on any atom is 0.249 e. The molecule has 28 heavy (non-hydrogen) atoms. The topological polar surface area (TPSA) is 57.2 Å². The molecular formula is C24H19N3O. The van der Waals surface area contributed by atoms with E-state index in [1.54, 1.807) is 0 Å². The van der Waals surface area contributed by atoms with Crippen LogP contribution in [-0.2, 0) is 11.2 Å². The van der Waals surface area contributed by atoms with Crippen molar-refractivity contribution in [2.45, 2.75) is 12.5 Å². The molecule has 0 unspecified atom stereocenters. The van der Waals surface area contributed by atoms with Crippen molar-refractivity contribution < 1.29 is 4.79 Å². The molecule has 136 valence electrons. The molecule has 0 aliphatic carbocycles. The summed E-state index contributed by atoms with van der Waals surface area (Å²) in [5.41, 5.74) is 5.77. The Labute approximate surface area is 162 Å². The summed E-state index contributed by atoms with van der Waals surface area (Å²) in [5, 5.41) is 4.20. The van der Waals surface area contributed by atoms with Gasteiger partial charge in [-0.1, -0.05) is 66.7 Å². The van der Waals surface area contributed by atoms with Crippen molar-refractivity contribution in [3.63, 3.8) is 0 Å².